The number of carboxylic acid groups (broad SMARTS) is 1. The fourth-order valence-corrected chi connectivity index (χ4v) is 5.59. The number of pyridine rings is 1. The number of carboxylic acids is 1. The average molecular weight is 616 g/mol. The van der Waals surface area contributed by atoms with Crippen molar-refractivity contribution >= 4 is 52.2 Å². The van der Waals surface area contributed by atoms with E-state index < -0.39 is 11.9 Å². The van der Waals surface area contributed by atoms with E-state index in [-0.39, 0.29) is 29.0 Å². The van der Waals surface area contributed by atoms with E-state index in [1.807, 2.05) is 12.1 Å². The first kappa shape index (κ1) is 29.5. The van der Waals surface area contributed by atoms with Gasteiger partial charge in [-0.25, -0.2) is 4.79 Å². The molecule has 0 aliphatic carbocycles. The van der Waals surface area contributed by atoms with E-state index in [9.17, 15) is 24.3 Å². The van der Waals surface area contributed by atoms with Gasteiger partial charge in [-0.2, -0.15) is 9.78 Å². The molecule has 10 nitrogen and oxygen atoms in total. The molecular formula is C31H26ClN5O5S. The second-order valence-corrected chi connectivity index (χ2v) is 11.6. The summed E-state index contributed by atoms with van der Waals surface area (Å²) in [5.41, 5.74) is 1.31. The van der Waals surface area contributed by atoms with Crippen LogP contribution in [0.25, 0.3) is 11.3 Å². The van der Waals surface area contributed by atoms with Gasteiger partial charge in [0, 0.05) is 47.8 Å². The molecule has 218 valence electrons. The molecule has 0 atom stereocenters. The number of anilines is 2. The van der Waals surface area contributed by atoms with Gasteiger partial charge in [-0.3, -0.25) is 19.0 Å². The van der Waals surface area contributed by atoms with Crippen LogP contribution in [0.15, 0.2) is 89.7 Å². The van der Waals surface area contributed by atoms with E-state index in [4.69, 9.17) is 11.6 Å². The molecule has 0 unspecified atom stereocenters. The van der Waals surface area contributed by atoms with Gasteiger partial charge in [0.05, 0.1) is 28.7 Å². The highest BCUT2D eigenvalue weighted by molar-refractivity contribution is 7.16. The molecule has 3 heterocycles. The zero-order chi connectivity index (χ0) is 30.7. The Kier molecular flexibility index (Phi) is 8.56. The molecular weight excluding hydrogens is 590 g/mol. The third-order valence-electron chi connectivity index (χ3n) is 6.61. The van der Waals surface area contributed by atoms with E-state index in [1.54, 1.807) is 61.5 Å². The Labute approximate surface area is 255 Å². The van der Waals surface area contributed by atoms with Crippen LogP contribution in [0.4, 0.5) is 11.6 Å². The molecule has 2 N–H and O–H groups in total. The van der Waals surface area contributed by atoms with Crippen molar-refractivity contribution in [3.8, 4) is 11.3 Å². The third-order valence-corrected chi connectivity index (χ3v) is 7.84. The van der Waals surface area contributed by atoms with Crippen LogP contribution >= 0.6 is 22.9 Å². The average Bonchev–Trinajstić information content (AvgIpc) is 3.62. The number of benzene rings is 2. The highest BCUT2D eigenvalue weighted by Crippen LogP contribution is 2.31. The number of halogens is 1. The van der Waals surface area contributed by atoms with Gasteiger partial charge < -0.3 is 15.3 Å². The Bertz CT molecular complexity index is 1880. The zero-order valence-corrected chi connectivity index (χ0v) is 24.7. The molecule has 0 aliphatic heterocycles. The molecule has 0 fully saturated rings. The maximum absolute atomic E-state index is 13.6. The van der Waals surface area contributed by atoms with Crippen molar-refractivity contribution in [3.63, 3.8) is 0 Å². The van der Waals surface area contributed by atoms with Gasteiger partial charge >= 0.3 is 5.97 Å². The Hall–Kier alpha value is -5.00. The van der Waals surface area contributed by atoms with E-state index >= 15 is 0 Å². The molecule has 0 aliphatic rings. The molecule has 2 aromatic carbocycles. The second-order valence-electron chi connectivity index (χ2n) is 9.75. The number of rotatable bonds is 10. The van der Waals surface area contributed by atoms with Crippen molar-refractivity contribution in [3.05, 3.63) is 121 Å². The minimum absolute atomic E-state index is 0.0496. The number of aromatic carboxylic acids is 1. The van der Waals surface area contributed by atoms with Crippen LogP contribution in [0.5, 0.6) is 0 Å². The molecule has 0 bridgehead atoms. The molecule has 0 saturated heterocycles. The first-order valence-corrected chi connectivity index (χ1v) is 14.3. The molecule has 5 aromatic rings. The van der Waals surface area contributed by atoms with Gasteiger partial charge in [0.2, 0.25) is 0 Å². The van der Waals surface area contributed by atoms with Crippen LogP contribution in [-0.2, 0) is 13.1 Å². The number of aromatic nitrogens is 3. The number of nitrogens with zero attached hydrogens (tertiary/aromatic N) is 4. The SMILES string of the molecule is CN(C)c1c(-c2cc(NCc3ccc(Cl)s3)n(C(=O)c3ccc(C(=O)O)cc3)n2)ccc(=O)n1CC(=O)c1ccccc1. The maximum Gasteiger partial charge on any atom is 0.335 e. The fraction of sp³-hybridized carbons (Fsp3) is 0.129. The van der Waals surface area contributed by atoms with E-state index in [2.05, 4.69) is 10.4 Å². The zero-order valence-electron chi connectivity index (χ0n) is 23.2. The smallest absolute Gasteiger partial charge is 0.335 e. The Morgan fingerprint density at radius 1 is 0.930 bits per heavy atom. The van der Waals surface area contributed by atoms with Crippen molar-refractivity contribution in [2.45, 2.75) is 13.1 Å². The summed E-state index contributed by atoms with van der Waals surface area (Å²) in [5.74, 6) is -1.01. The number of hydrogen-bond acceptors (Lipinski definition) is 8. The Morgan fingerprint density at radius 2 is 1.63 bits per heavy atom. The number of carbonyl (C=O) groups excluding carboxylic acids is 2. The Balaban J connectivity index is 1.58. The monoisotopic (exact) mass is 615 g/mol. The molecule has 0 saturated carbocycles. The number of hydrogen-bond donors (Lipinski definition) is 2. The lowest BCUT2D eigenvalue weighted by Gasteiger charge is -2.22. The van der Waals surface area contributed by atoms with Crippen molar-refractivity contribution in [2.75, 3.05) is 24.3 Å². The molecule has 0 spiro atoms. The van der Waals surface area contributed by atoms with E-state index in [0.717, 1.165) is 4.88 Å². The van der Waals surface area contributed by atoms with Gasteiger partial charge in [-0.05, 0) is 42.5 Å². The standard InChI is InChI=1S/C31H26ClN5O5S/c1-35(2)29-23(13-15-28(39)36(29)18-25(38)19-6-4-3-5-7-19)24-16-27(33-17-22-12-14-26(32)43-22)37(34-24)30(40)20-8-10-21(11-9-20)31(41)42/h3-16,33H,17-18H2,1-2H3,(H,41,42). The lowest BCUT2D eigenvalue weighted by Crippen LogP contribution is -2.29. The summed E-state index contributed by atoms with van der Waals surface area (Å²) in [6.07, 6.45) is 0. The molecule has 5 rings (SSSR count). The van der Waals surface area contributed by atoms with Crippen LogP contribution in [0.2, 0.25) is 4.34 Å². The molecule has 0 radical (unpaired) electrons. The quantitative estimate of drug-likeness (QED) is 0.201. The lowest BCUT2D eigenvalue weighted by atomic mass is 10.1. The number of carbonyl (C=O) groups is 3. The first-order chi connectivity index (χ1) is 20.6. The summed E-state index contributed by atoms with van der Waals surface area (Å²) < 4.78 is 3.21. The summed E-state index contributed by atoms with van der Waals surface area (Å²) in [6.45, 7) is 0.170. The first-order valence-electron chi connectivity index (χ1n) is 13.1. The summed E-state index contributed by atoms with van der Waals surface area (Å²) in [6, 6.07) is 22.6. The second kappa shape index (κ2) is 12.5. The predicted octanol–water partition coefficient (Wildman–Crippen LogP) is 5.37. The van der Waals surface area contributed by atoms with Crippen molar-refractivity contribution in [1.82, 2.24) is 14.3 Å². The van der Waals surface area contributed by atoms with Crippen LogP contribution < -0.4 is 15.8 Å². The van der Waals surface area contributed by atoms with Gasteiger partial charge in [0.15, 0.2) is 5.78 Å². The van der Waals surface area contributed by atoms with Crippen molar-refractivity contribution in [1.29, 1.82) is 0 Å². The van der Waals surface area contributed by atoms with Gasteiger partial charge in [-0.1, -0.05) is 41.9 Å². The lowest BCUT2D eigenvalue weighted by molar-refractivity contribution is 0.0696. The largest absolute Gasteiger partial charge is 0.478 e. The van der Waals surface area contributed by atoms with Crippen LogP contribution in [-0.4, -0.2) is 51.2 Å². The summed E-state index contributed by atoms with van der Waals surface area (Å²) >= 11 is 7.49. The summed E-state index contributed by atoms with van der Waals surface area (Å²) in [4.78, 5) is 53.7. The number of thiophene rings is 1. The van der Waals surface area contributed by atoms with Crippen LogP contribution in [0.3, 0.4) is 0 Å². The number of ketones is 1. The van der Waals surface area contributed by atoms with Crippen molar-refractivity contribution < 1.29 is 19.5 Å². The molecule has 43 heavy (non-hydrogen) atoms. The number of Topliss-reactive ketones (excluding diaryl/α,β-unsaturated/α-hetero) is 1. The highest BCUT2D eigenvalue weighted by atomic mass is 35.5. The number of nitrogens with one attached hydrogen (secondary N) is 1. The van der Waals surface area contributed by atoms with E-state index in [1.165, 1.54) is 50.9 Å². The minimum Gasteiger partial charge on any atom is -0.478 e. The molecule has 12 heteroatoms. The predicted molar refractivity (Wildman–Crippen MR) is 167 cm³/mol. The van der Waals surface area contributed by atoms with Crippen LogP contribution in [0, 0.1) is 0 Å². The summed E-state index contributed by atoms with van der Waals surface area (Å²) in [7, 11) is 3.52. The van der Waals surface area contributed by atoms with Gasteiger partial charge in [0.1, 0.15) is 11.6 Å². The summed E-state index contributed by atoms with van der Waals surface area (Å²) in [5, 5.41) is 17.1. The third kappa shape index (κ3) is 6.42. The molecule has 3 aromatic heterocycles. The Morgan fingerprint density at radius 3 is 2.26 bits per heavy atom. The maximum atomic E-state index is 13.6. The topological polar surface area (TPSA) is 127 Å². The van der Waals surface area contributed by atoms with Crippen molar-refractivity contribution in [2.24, 2.45) is 0 Å². The molecule has 0 amide bonds. The van der Waals surface area contributed by atoms with Gasteiger partial charge in [0.25, 0.3) is 11.5 Å². The van der Waals surface area contributed by atoms with Crippen LogP contribution in [0.1, 0.15) is 36.0 Å². The fourth-order valence-electron chi connectivity index (χ4n) is 4.56. The minimum atomic E-state index is -1.10. The normalized spacial score (nSPS) is 10.9. The highest BCUT2D eigenvalue weighted by Gasteiger charge is 2.23. The van der Waals surface area contributed by atoms with E-state index in [0.29, 0.717) is 39.3 Å². The van der Waals surface area contributed by atoms with Gasteiger partial charge in [-0.15, -0.1) is 11.3 Å².